The van der Waals surface area contributed by atoms with E-state index in [9.17, 15) is 74.9 Å². The van der Waals surface area contributed by atoms with E-state index < -0.39 is 122 Å². The van der Waals surface area contributed by atoms with Crippen molar-refractivity contribution >= 4 is 60.3 Å². The number of fused-ring (bicyclic) bond motifs is 7. The van der Waals surface area contributed by atoms with E-state index in [2.05, 4.69) is 5.32 Å². The Kier molecular flexibility index (Phi) is 25.9. The number of piperidine rings is 3. The number of carbonyl (C=O) groups excluding carboxylic acids is 3. The van der Waals surface area contributed by atoms with Crippen molar-refractivity contribution in [2.45, 2.75) is 216 Å². The van der Waals surface area contributed by atoms with Crippen LogP contribution in [0.1, 0.15) is 182 Å². The Morgan fingerprint density at radius 3 is 1.19 bits per heavy atom. The molecule has 13 nitrogen and oxygen atoms in total. The monoisotopic (exact) mass is 1530 g/mol. The fraction of sp³-hybridized carbons (Fsp3) is 0.577. The lowest BCUT2D eigenvalue weighted by Gasteiger charge is -2.41. The van der Waals surface area contributed by atoms with Crippen molar-refractivity contribution in [3.05, 3.63) is 177 Å². The molecular weight excluding hydrogens is 1440 g/mol. The van der Waals surface area contributed by atoms with Crippen molar-refractivity contribution in [3.8, 4) is 0 Å². The molecule has 7 aliphatic heterocycles. The molecule has 0 saturated carbocycles. The first kappa shape index (κ1) is 80.7. The molecule has 26 heteroatoms. The molecule has 0 spiro atoms. The van der Waals surface area contributed by atoms with Crippen molar-refractivity contribution in [1.82, 2.24) is 19.4 Å². The molecule has 7 heterocycles. The number of nitrogens with one attached hydrogen (secondary N) is 1. The molecule has 6 bridgehead atoms. The van der Waals surface area contributed by atoms with E-state index >= 15 is 0 Å². The minimum Gasteiger partial charge on any atom is -0.445 e. The number of imide groups is 1. The van der Waals surface area contributed by atoms with Crippen LogP contribution < -0.4 is 5.32 Å². The van der Waals surface area contributed by atoms with Gasteiger partial charge in [-0.25, -0.2) is 52.7 Å². The van der Waals surface area contributed by atoms with Crippen molar-refractivity contribution in [3.63, 3.8) is 0 Å². The van der Waals surface area contributed by atoms with Gasteiger partial charge >= 0.3 is 6.09 Å². The van der Waals surface area contributed by atoms with Gasteiger partial charge in [-0.1, -0.05) is 42.5 Å². The lowest BCUT2D eigenvalue weighted by molar-refractivity contribution is 0.0450. The summed E-state index contributed by atoms with van der Waals surface area (Å²) in [5, 5.41) is 3.59. The summed E-state index contributed by atoms with van der Waals surface area (Å²) in [5.41, 5.74) is 1.74. The van der Waals surface area contributed by atoms with Crippen LogP contribution in [-0.2, 0) is 73.0 Å². The second-order valence-electron chi connectivity index (χ2n) is 32.3. The van der Waals surface area contributed by atoms with Gasteiger partial charge in [0.15, 0.2) is 34.9 Å². The van der Waals surface area contributed by atoms with Crippen molar-refractivity contribution in [2.24, 2.45) is 35.5 Å². The predicted octanol–water partition coefficient (Wildman–Crippen LogP) is 15.4. The van der Waals surface area contributed by atoms with Gasteiger partial charge in [-0.05, 0) is 247 Å². The molecule has 0 aliphatic carbocycles. The average Bonchev–Trinajstić information content (AvgIpc) is 1.58. The molecule has 3 unspecified atom stereocenters. The summed E-state index contributed by atoms with van der Waals surface area (Å²) in [4.78, 5) is 41.2. The van der Waals surface area contributed by atoms with E-state index in [0.717, 1.165) is 67.2 Å². The number of amides is 3. The summed E-state index contributed by atoms with van der Waals surface area (Å²) in [7, 11) is -7.41. The highest BCUT2D eigenvalue weighted by molar-refractivity contribution is 7.89. The molecular formula is C78H97F9N4O9S4. The lowest BCUT2D eigenvalue weighted by Crippen LogP contribution is -2.50. The van der Waals surface area contributed by atoms with E-state index in [4.69, 9.17) is 4.74 Å². The Labute approximate surface area is 613 Å². The summed E-state index contributed by atoms with van der Waals surface area (Å²) in [6.45, 7) is 17.0. The molecule has 1 N–H and O–H groups in total. The highest BCUT2D eigenvalue weighted by Crippen LogP contribution is 2.47. The number of ether oxygens (including phenoxy) is 1. The quantitative estimate of drug-likeness (QED) is 0.0424. The normalized spacial score (nSPS) is 24.9. The Morgan fingerprint density at radius 2 is 0.817 bits per heavy atom. The van der Waals surface area contributed by atoms with Crippen LogP contribution >= 0.6 is 0 Å². The maximum absolute atomic E-state index is 14.6. The third kappa shape index (κ3) is 19.5. The van der Waals surface area contributed by atoms with Crippen LogP contribution in [0.4, 0.5) is 44.3 Å². The van der Waals surface area contributed by atoms with Crippen LogP contribution in [0, 0.1) is 87.9 Å². The zero-order valence-corrected chi connectivity index (χ0v) is 63.8. The molecule has 0 aromatic heterocycles. The second kappa shape index (κ2) is 33.4. The smallest absolute Gasteiger partial charge is 0.410 e. The van der Waals surface area contributed by atoms with Gasteiger partial charge in [0.1, 0.15) is 24.1 Å². The summed E-state index contributed by atoms with van der Waals surface area (Å²) in [5.74, 6) is -9.89. The SMILES string of the molecule is CC(C)(C)[S@](=O)C[C@H](Cc1cc(F)c(F)cc1F)C1C[C@H]2CC[C@@H](C1)N2.CC(C)(C)[S@](=O)C[C@H](Cc1cc(F)c(F)cc1F)C1C[C@H]2CC[C@@H](C1)N2C(=O)OCc1ccccc1.CC(C)(C)[S@](=O)C[C@H](Cc1cc(F)c(F)cc1F)C1C[C@H]2CC[C@@H](C1)N2S(=O)(=O)CCN1C(=O)c2ccccc2C1=O. The highest BCUT2D eigenvalue weighted by atomic mass is 32.2. The molecule has 5 aromatic carbocycles. The van der Waals surface area contributed by atoms with Gasteiger partial charge < -0.3 is 15.0 Å². The molecule has 0 radical (unpaired) electrons. The van der Waals surface area contributed by atoms with Gasteiger partial charge in [-0.3, -0.25) is 27.1 Å². The van der Waals surface area contributed by atoms with E-state index in [-0.39, 0.29) is 124 Å². The van der Waals surface area contributed by atoms with Gasteiger partial charge in [0, 0.05) is 125 Å². The number of rotatable bonds is 21. The van der Waals surface area contributed by atoms with Crippen LogP contribution in [0.2, 0.25) is 0 Å². The molecule has 6 saturated heterocycles. The van der Waals surface area contributed by atoms with E-state index in [1.165, 1.54) is 4.31 Å². The number of sulfonamides is 1. The largest absolute Gasteiger partial charge is 0.445 e. The molecule has 3 amide bonds. The Balaban J connectivity index is 0.000000172. The zero-order chi connectivity index (χ0) is 75.7. The Bertz CT molecular complexity index is 4060. The Hall–Kier alpha value is -5.80. The van der Waals surface area contributed by atoms with Crippen molar-refractivity contribution in [2.75, 3.05) is 29.6 Å². The topological polar surface area (TPSA) is 168 Å². The van der Waals surface area contributed by atoms with E-state index in [0.29, 0.717) is 92.7 Å². The number of hydrogen-bond acceptors (Lipinski definition) is 10. The maximum atomic E-state index is 14.6. The van der Waals surface area contributed by atoms with E-state index in [1.807, 2.05) is 97.5 Å². The molecule has 6 fully saturated rings. The van der Waals surface area contributed by atoms with Gasteiger partial charge in [0.05, 0.1) is 16.9 Å². The van der Waals surface area contributed by atoms with Crippen molar-refractivity contribution < 1.29 is 79.7 Å². The summed E-state index contributed by atoms with van der Waals surface area (Å²) >= 11 is 0. The Morgan fingerprint density at radius 1 is 0.481 bits per heavy atom. The summed E-state index contributed by atoms with van der Waals surface area (Å²) in [6, 6.07) is 20.6. The summed E-state index contributed by atoms with van der Waals surface area (Å²) < 4.78 is 197. The standard InChI is InChI=1S/C30H35F3N2O5S2.C28H34F3NO3S.C20H28F3NOS/c1-30(2,3)41(38)17-20(12-19-15-26(32)27(33)16-25(19)31)18-13-21-8-9-22(14-18)35(21)42(39,40)11-10-34-28(36)23-6-4-5-7-24(23)29(34)37;1-28(2,3)36(34)17-21(11-20-14-25(30)26(31)15-24(20)29)19-12-22-9-10-23(13-19)32(22)27(33)35-16-18-7-5-4-6-8-18;1-20(2,3)26(25)11-14(12-7-15-4-5-16(8-12)24-15)6-13-9-18(22)19(23)10-17(13)21/h4-7,15-16,18,20-22H,8-14,17H2,1-3H3;4-8,14-15,19,21-23H,9-13,16-17H2,1-3H3;9-10,12,14-16,24H,4-8,11H2,1-3H3/t18?,20-,21-,22+,41+;19?,21-,22-,23+,36+;12?,14-,15-,16+,26+/m000/s1. The maximum Gasteiger partial charge on any atom is 0.410 e. The zero-order valence-electron chi connectivity index (χ0n) is 60.5. The van der Waals surface area contributed by atoms with Crippen LogP contribution in [0.15, 0.2) is 91.0 Å². The number of carbonyl (C=O) groups is 3. The average molecular weight is 1530 g/mol. The highest BCUT2D eigenvalue weighted by Gasteiger charge is 2.50. The van der Waals surface area contributed by atoms with Gasteiger partial charge in [0.2, 0.25) is 10.0 Å². The number of benzene rings is 5. The minimum atomic E-state index is -3.84. The van der Waals surface area contributed by atoms with Gasteiger partial charge in [0.25, 0.3) is 11.8 Å². The predicted molar refractivity (Wildman–Crippen MR) is 386 cm³/mol. The van der Waals surface area contributed by atoms with Gasteiger partial charge in [-0.15, -0.1) is 0 Å². The first-order valence-corrected chi connectivity index (χ1v) is 41.7. The van der Waals surface area contributed by atoms with E-state index in [1.54, 1.807) is 24.3 Å². The number of nitrogens with zero attached hydrogens (tertiary/aromatic N) is 3. The molecule has 15 atom stereocenters. The molecule has 104 heavy (non-hydrogen) atoms. The van der Waals surface area contributed by atoms with Crippen LogP contribution in [0.25, 0.3) is 0 Å². The third-order valence-electron chi connectivity index (χ3n) is 22.0. The molecule has 7 aliphatic rings. The van der Waals surface area contributed by atoms with Gasteiger partial charge in [-0.2, -0.15) is 4.31 Å². The molecule has 570 valence electrons. The second-order valence-corrected chi connectivity index (χ2v) is 41.1. The van der Waals surface area contributed by atoms with Crippen LogP contribution in [0.5, 0.6) is 0 Å². The van der Waals surface area contributed by atoms with Crippen LogP contribution in [0.3, 0.4) is 0 Å². The van der Waals surface area contributed by atoms with Crippen molar-refractivity contribution in [1.29, 1.82) is 0 Å². The number of hydrogen-bond donors (Lipinski definition) is 1. The molecule has 5 aromatic rings. The first-order chi connectivity index (χ1) is 48.8. The first-order valence-electron chi connectivity index (χ1n) is 36.1. The number of halogens is 9. The third-order valence-corrected chi connectivity index (χ3v) is 30.3. The summed E-state index contributed by atoms with van der Waals surface area (Å²) in [6.07, 6.45) is 9.72. The minimum absolute atomic E-state index is 0.000352. The fourth-order valence-electron chi connectivity index (χ4n) is 16.4. The lowest BCUT2D eigenvalue weighted by atomic mass is 9.79. The van der Waals surface area contributed by atoms with Crippen LogP contribution in [-0.4, -0.2) is 133 Å². The molecule has 12 rings (SSSR count). The fourth-order valence-corrected chi connectivity index (χ4v) is 22.1.